The first-order valence-electron chi connectivity index (χ1n) is 8.96. The number of likely N-dealkylation sites (tertiary alicyclic amines) is 1. The van der Waals surface area contributed by atoms with Crippen molar-refractivity contribution in [2.24, 2.45) is 0 Å². The Labute approximate surface area is 148 Å². The van der Waals surface area contributed by atoms with Crippen molar-refractivity contribution in [1.29, 1.82) is 0 Å². The number of rotatable bonds is 6. The summed E-state index contributed by atoms with van der Waals surface area (Å²) >= 11 is 0. The van der Waals surface area contributed by atoms with Crippen LogP contribution in [-0.4, -0.2) is 49.5 Å². The number of carbonyl (C=O) groups is 2. The van der Waals surface area contributed by atoms with Gasteiger partial charge in [0.1, 0.15) is 11.4 Å². The van der Waals surface area contributed by atoms with Gasteiger partial charge in [-0.15, -0.1) is 0 Å². The highest BCUT2D eigenvalue weighted by molar-refractivity contribution is 6.05. The summed E-state index contributed by atoms with van der Waals surface area (Å²) in [5.41, 5.74) is 1.11. The van der Waals surface area contributed by atoms with Gasteiger partial charge in [-0.25, -0.2) is 0 Å². The van der Waals surface area contributed by atoms with Crippen LogP contribution in [-0.2, 0) is 9.59 Å². The van der Waals surface area contributed by atoms with Gasteiger partial charge in [0.15, 0.2) is 0 Å². The number of benzene rings is 1. The Morgan fingerprint density at radius 3 is 2.60 bits per heavy atom. The molecule has 25 heavy (non-hydrogen) atoms. The van der Waals surface area contributed by atoms with Crippen molar-refractivity contribution in [3.05, 3.63) is 35.5 Å². The maximum atomic E-state index is 11.7. The average Bonchev–Trinajstić information content (AvgIpc) is 2.64. The SMILES string of the molecule is O=C1CNC(=O)/C(=C/c2ccc(OCCCN3CCCCC3)cc2)N1. The molecular weight excluding hydrogens is 318 g/mol. The van der Waals surface area contributed by atoms with Crippen LogP contribution >= 0.6 is 0 Å². The monoisotopic (exact) mass is 343 g/mol. The van der Waals surface area contributed by atoms with Crippen LogP contribution in [0.25, 0.3) is 6.08 Å². The molecule has 134 valence electrons. The Morgan fingerprint density at radius 2 is 1.84 bits per heavy atom. The van der Waals surface area contributed by atoms with Crippen LogP contribution in [0.2, 0.25) is 0 Å². The fourth-order valence-electron chi connectivity index (χ4n) is 3.10. The standard InChI is InChI=1S/C19H25N3O3/c23-18-14-20-19(24)17(21-18)13-15-5-7-16(8-6-15)25-12-4-11-22-9-2-1-3-10-22/h5-8,13H,1-4,9-12,14H2,(H,20,24)(H,21,23)/b17-13-. The van der Waals surface area contributed by atoms with Gasteiger partial charge in [-0.2, -0.15) is 0 Å². The van der Waals surface area contributed by atoms with Crippen molar-refractivity contribution >= 4 is 17.9 Å². The number of piperazine rings is 1. The van der Waals surface area contributed by atoms with E-state index < -0.39 is 0 Å². The topological polar surface area (TPSA) is 70.7 Å². The third kappa shape index (κ3) is 5.32. The predicted octanol–water partition coefficient (Wildman–Crippen LogP) is 1.53. The summed E-state index contributed by atoms with van der Waals surface area (Å²) in [5, 5.41) is 5.10. The molecule has 0 aliphatic carbocycles. The van der Waals surface area contributed by atoms with E-state index in [9.17, 15) is 9.59 Å². The van der Waals surface area contributed by atoms with E-state index in [-0.39, 0.29) is 24.1 Å². The summed E-state index contributed by atoms with van der Waals surface area (Å²) in [4.78, 5) is 25.5. The lowest BCUT2D eigenvalue weighted by Gasteiger charge is -2.26. The van der Waals surface area contributed by atoms with E-state index >= 15 is 0 Å². The molecule has 0 bridgehead atoms. The molecule has 0 aromatic heterocycles. The first-order chi connectivity index (χ1) is 12.2. The van der Waals surface area contributed by atoms with Crippen LogP contribution in [0.1, 0.15) is 31.2 Å². The van der Waals surface area contributed by atoms with E-state index in [1.54, 1.807) is 6.08 Å². The number of hydrogen-bond donors (Lipinski definition) is 2. The lowest BCUT2D eigenvalue weighted by atomic mass is 10.1. The predicted molar refractivity (Wildman–Crippen MR) is 96.0 cm³/mol. The average molecular weight is 343 g/mol. The summed E-state index contributed by atoms with van der Waals surface area (Å²) in [6, 6.07) is 7.52. The second-order valence-electron chi connectivity index (χ2n) is 6.46. The molecule has 2 heterocycles. The van der Waals surface area contributed by atoms with E-state index in [1.807, 2.05) is 24.3 Å². The molecule has 0 atom stereocenters. The zero-order chi connectivity index (χ0) is 17.5. The van der Waals surface area contributed by atoms with Gasteiger partial charge in [0.05, 0.1) is 13.2 Å². The smallest absolute Gasteiger partial charge is 0.268 e. The molecule has 6 nitrogen and oxygen atoms in total. The highest BCUT2D eigenvalue weighted by Gasteiger charge is 2.19. The summed E-state index contributed by atoms with van der Waals surface area (Å²) in [6.45, 7) is 4.26. The molecule has 2 aliphatic heterocycles. The van der Waals surface area contributed by atoms with Crippen LogP contribution in [0, 0.1) is 0 Å². The third-order valence-corrected chi connectivity index (χ3v) is 4.46. The van der Waals surface area contributed by atoms with Crippen LogP contribution in [0.3, 0.4) is 0 Å². The van der Waals surface area contributed by atoms with E-state index in [4.69, 9.17) is 4.74 Å². The fourth-order valence-corrected chi connectivity index (χ4v) is 3.10. The molecule has 3 rings (SSSR count). The molecular formula is C19H25N3O3. The van der Waals surface area contributed by atoms with E-state index in [2.05, 4.69) is 15.5 Å². The fraction of sp³-hybridized carbons (Fsp3) is 0.474. The number of hydrogen-bond acceptors (Lipinski definition) is 4. The summed E-state index contributed by atoms with van der Waals surface area (Å²) in [7, 11) is 0. The highest BCUT2D eigenvalue weighted by Crippen LogP contribution is 2.15. The Bertz CT molecular complexity index is 634. The van der Waals surface area contributed by atoms with Gasteiger partial charge in [0, 0.05) is 6.54 Å². The molecule has 1 aromatic rings. The van der Waals surface area contributed by atoms with Gasteiger partial charge in [0.25, 0.3) is 5.91 Å². The Morgan fingerprint density at radius 1 is 1.08 bits per heavy atom. The zero-order valence-electron chi connectivity index (χ0n) is 14.4. The number of carbonyl (C=O) groups excluding carboxylic acids is 2. The first kappa shape index (κ1) is 17.5. The molecule has 1 aromatic carbocycles. The quantitative estimate of drug-likeness (QED) is 0.607. The molecule has 0 unspecified atom stereocenters. The minimum atomic E-state index is -0.266. The Balaban J connectivity index is 1.45. The van der Waals surface area contributed by atoms with Crippen molar-refractivity contribution in [3.8, 4) is 5.75 Å². The molecule has 2 amide bonds. The lowest BCUT2D eigenvalue weighted by Crippen LogP contribution is -2.46. The minimum Gasteiger partial charge on any atom is -0.494 e. The normalized spacial score (nSPS) is 20.2. The van der Waals surface area contributed by atoms with Crippen LogP contribution in [0.15, 0.2) is 30.0 Å². The van der Waals surface area contributed by atoms with Gasteiger partial charge < -0.3 is 20.3 Å². The van der Waals surface area contributed by atoms with Crippen molar-refractivity contribution < 1.29 is 14.3 Å². The second kappa shape index (κ2) is 8.67. The second-order valence-corrected chi connectivity index (χ2v) is 6.46. The molecule has 2 saturated heterocycles. The molecule has 2 fully saturated rings. The molecule has 0 radical (unpaired) electrons. The van der Waals surface area contributed by atoms with E-state index in [0.29, 0.717) is 6.61 Å². The minimum absolute atomic E-state index is 0.0282. The van der Waals surface area contributed by atoms with Crippen molar-refractivity contribution in [2.45, 2.75) is 25.7 Å². The van der Waals surface area contributed by atoms with Crippen LogP contribution in [0.5, 0.6) is 5.75 Å². The maximum absolute atomic E-state index is 11.7. The van der Waals surface area contributed by atoms with Gasteiger partial charge >= 0.3 is 0 Å². The molecule has 2 aliphatic rings. The Kier molecular flexibility index (Phi) is 6.06. The molecule has 2 N–H and O–H groups in total. The van der Waals surface area contributed by atoms with Crippen LogP contribution in [0.4, 0.5) is 0 Å². The number of amides is 2. The van der Waals surface area contributed by atoms with Crippen molar-refractivity contribution in [3.63, 3.8) is 0 Å². The summed E-state index contributed by atoms with van der Waals surface area (Å²) in [5.74, 6) is 0.343. The van der Waals surface area contributed by atoms with E-state index in [1.165, 1.54) is 32.4 Å². The van der Waals surface area contributed by atoms with Gasteiger partial charge in [0.2, 0.25) is 5.91 Å². The molecule has 0 saturated carbocycles. The van der Waals surface area contributed by atoms with Gasteiger partial charge in [-0.1, -0.05) is 18.6 Å². The first-order valence-corrected chi connectivity index (χ1v) is 8.96. The summed E-state index contributed by atoms with van der Waals surface area (Å²) in [6.07, 6.45) is 6.68. The lowest BCUT2D eigenvalue weighted by molar-refractivity contribution is -0.127. The van der Waals surface area contributed by atoms with Crippen molar-refractivity contribution in [2.75, 3.05) is 32.8 Å². The largest absolute Gasteiger partial charge is 0.494 e. The number of nitrogens with one attached hydrogen (secondary N) is 2. The highest BCUT2D eigenvalue weighted by atomic mass is 16.5. The zero-order valence-corrected chi connectivity index (χ0v) is 14.4. The van der Waals surface area contributed by atoms with Gasteiger partial charge in [-0.05, 0) is 56.1 Å². The third-order valence-electron chi connectivity index (χ3n) is 4.46. The van der Waals surface area contributed by atoms with Gasteiger partial charge in [-0.3, -0.25) is 9.59 Å². The maximum Gasteiger partial charge on any atom is 0.268 e. The summed E-state index contributed by atoms with van der Waals surface area (Å²) < 4.78 is 5.78. The number of ether oxygens (including phenoxy) is 1. The Hall–Kier alpha value is -2.34. The molecule has 6 heteroatoms. The molecule has 0 spiro atoms. The number of piperidine rings is 1. The van der Waals surface area contributed by atoms with E-state index in [0.717, 1.165) is 24.3 Å². The van der Waals surface area contributed by atoms with Crippen LogP contribution < -0.4 is 15.4 Å². The van der Waals surface area contributed by atoms with Crippen molar-refractivity contribution in [1.82, 2.24) is 15.5 Å². The number of nitrogens with zero attached hydrogens (tertiary/aromatic N) is 1.